The largest absolute Gasteiger partial charge is 0.474 e. The zero-order valence-corrected chi connectivity index (χ0v) is 12.4. The number of hydrogen-bond acceptors (Lipinski definition) is 3. The third kappa shape index (κ3) is 4.18. The predicted molar refractivity (Wildman–Crippen MR) is 80.2 cm³/mol. The lowest BCUT2D eigenvalue weighted by Gasteiger charge is -2.10. The van der Waals surface area contributed by atoms with Crippen LogP contribution >= 0.6 is 0 Å². The number of ketones is 1. The third-order valence-corrected chi connectivity index (χ3v) is 3.36. The Morgan fingerprint density at radius 2 is 2.24 bits per heavy atom. The minimum atomic E-state index is -0.400. The molecular weight excluding hydrogens is 269 g/mol. The summed E-state index contributed by atoms with van der Waals surface area (Å²) in [6, 6.07) is 4.61. The van der Waals surface area contributed by atoms with Crippen LogP contribution in [0.25, 0.3) is 0 Å². The van der Waals surface area contributed by atoms with Gasteiger partial charge in [0.1, 0.15) is 12.4 Å². The Morgan fingerprint density at radius 1 is 1.48 bits per heavy atom. The summed E-state index contributed by atoms with van der Waals surface area (Å²) in [4.78, 5) is 11.9. The van der Waals surface area contributed by atoms with Crippen molar-refractivity contribution in [2.45, 2.75) is 26.4 Å². The van der Waals surface area contributed by atoms with Crippen LogP contribution in [-0.2, 0) is 11.3 Å². The van der Waals surface area contributed by atoms with Gasteiger partial charge in [-0.3, -0.25) is 4.79 Å². The van der Waals surface area contributed by atoms with Crippen LogP contribution in [0.15, 0.2) is 42.3 Å². The molecule has 3 nitrogen and oxygen atoms in total. The molecule has 1 aliphatic rings. The number of halogens is 1. The second kappa shape index (κ2) is 7.07. The standard InChI is InChI=1S/C17H20FNO2/c1-3-4-5-16(19-2)21-11-14-9-8-13(10-15(14)18)17(20)12-6-7-12/h3-5,8-10,12,19H,6-7,11H2,1-2H3/b4-3-,16-5+. The molecule has 0 atom stereocenters. The van der Waals surface area contributed by atoms with Crippen molar-refractivity contribution in [3.05, 3.63) is 59.3 Å². The quantitative estimate of drug-likeness (QED) is 0.474. The maximum absolute atomic E-state index is 14.0. The van der Waals surface area contributed by atoms with Crippen molar-refractivity contribution in [2.24, 2.45) is 5.92 Å². The smallest absolute Gasteiger partial charge is 0.186 e. The minimum Gasteiger partial charge on any atom is -0.474 e. The van der Waals surface area contributed by atoms with E-state index in [9.17, 15) is 9.18 Å². The van der Waals surface area contributed by atoms with Gasteiger partial charge in [-0.2, -0.15) is 0 Å². The van der Waals surface area contributed by atoms with Crippen LogP contribution in [-0.4, -0.2) is 12.8 Å². The van der Waals surface area contributed by atoms with E-state index in [-0.39, 0.29) is 18.3 Å². The molecule has 0 spiro atoms. The second-order valence-electron chi connectivity index (χ2n) is 5.04. The first-order valence-corrected chi connectivity index (χ1v) is 7.12. The van der Waals surface area contributed by atoms with Crippen molar-refractivity contribution in [3.63, 3.8) is 0 Å². The molecule has 1 fully saturated rings. The molecule has 112 valence electrons. The molecule has 0 heterocycles. The fourth-order valence-corrected chi connectivity index (χ4v) is 1.94. The van der Waals surface area contributed by atoms with Crippen LogP contribution in [0, 0.1) is 11.7 Å². The SMILES string of the molecule is C/C=C\C=C(/NC)OCc1ccc(C(=O)C2CC2)cc1F. The van der Waals surface area contributed by atoms with E-state index in [1.54, 1.807) is 25.3 Å². The van der Waals surface area contributed by atoms with E-state index in [2.05, 4.69) is 5.32 Å². The lowest BCUT2D eigenvalue weighted by Crippen LogP contribution is -2.10. The van der Waals surface area contributed by atoms with Crippen molar-refractivity contribution in [1.29, 1.82) is 0 Å². The number of benzene rings is 1. The van der Waals surface area contributed by atoms with Crippen LogP contribution in [0.5, 0.6) is 0 Å². The topological polar surface area (TPSA) is 38.3 Å². The van der Waals surface area contributed by atoms with Gasteiger partial charge in [-0.1, -0.05) is 24.3 Å². The summed E-state index contributed by atoms with van der Waals surface area (Å²) in [7, 11) is 1.74. The Morgan fingerprint density at radius 3 is 2.81 bits per heavy atom. The predicted octanol–water partition coefficient (Wildman–Crippen LogP) is 3.57. The van der Waals surface area contributed by atoms with E-state index < -0.39 is 5.82 Å². The summed E-state index contributed by atoms with van der Waals surface area (Å²) in [6.07, 6.45) is 7.32. The van der Waals surface area contributed by atoms with Crippen molar-refractivity contribution in [2.75, 3.05) is 7.05 Å². The van der Waals surface area contributed by atoms with Crippen LogP contribution in [0.3, 0.4) is 0 Å². The highest BCUT2D eigenvalue weighted by Gasteiger charge is 2.30. The number of nitrogens with one attached hydrogen (secondary N) is 1. The van der Waals surface area contributed by atoms with Gasteiger partial charge in [-0.15, -0.1) is 0 Å². The molecule has 1 aliphatic carbocycles. The monoisotopic (exact) mass is 289 g/mol. The van der Waals surface area contributed by atoms with Gasteiger partial charge in [0.2, 0.25) is 0 Å². The van der Waals surface area contributed by atoms with Gasteiger partial charge in [-0.05, 0) is 31.9 Å². The number of carbonyl (C=O) groups is 1. The molecule has 0 bridgehead atoms. The van der Waals surface area contributed by atoms with E-state index in [1.807, 2.05) is 19.1 Å². The summed E-state index contributed by atoms with van der Waals surface area (Å²) in [5.74, 6) is 0.310. The van der Waals surface area contributed by atoms with Gasteiger partial charge in [0.05, 0.1) is 0 Å². The Hall–Kier alpha value is -2.10. The van der Waals surface area contributed by atoms with Gasteiger partial charge >= 0.3 is 0 Å². The molecule has 4 heteroatoms. The average Bonchev–Trinajstić information content (AvgIpc) is 3.32. The van der Waals surface area contributed by atoms with Gasteiger partial charge in [0, 0.05) is 24.1 Å². The highest BCUT2D eigenvalue weighted by atomic mass is 19.1. The molecule has 1 N–H and O–H groups in total. The molecule has 0 unspecified atom stereocenters. The Balaban J connectivity index is 2.02. The lowest BCUT2D eigenvalue weighted by atomic mass is 10.0. The van der Waals surface area contributed by atoms with E-state index in [0.29, 0.717) is 17.0 Å². The summed E-state index contributed by atoms with van der Waals surface area (Å²) >= 11 is 0. The molecular formula is C17H20FNO2. The number of allylic oxidation sites excluding steroid dienone is 3. The van der Waals surface area contributed by atoms with Crippen molar-refractivity contribution >= 4 is 5.78 Å². The molecule has 1 saturated carbocycles. The van der Waals surface area contributed by atoms with Crippen LogP contribution in [0.2, 0.25) is 0 Å². The summed E-state index contributed by atoms with van der Waals surface area (Å²) in [5, 5.41) is 2.89. The van der Waals surface area contributed by atoms with E-state index in [0.717, 1.165) is 12.8 Å². The summed E-state index contributed by atoms with van der Waals surface area (Å²) < 4.78 is 19.5. The number of Topliss-reactive ketones (excluding diaryl/α,β-unsaturated/α-hetero) is 1. The fraction of sp³-hybridized carbons (Fsp3) is 0.353. The Labute approximate surface area is 124 Å². The van der Waals surface area contributed by atoms with Gasteiger partial charge in [0.25, 0.3) is 0 Å². The van der Waals surface area contributed by atoms with Crippen molar-refractivity contribution in [1.82, 2.24) is 5.32 Å². The van der Waals surface area contributed by atoms with Gasteiger partial charge in [0.15, 0.2) is 11.7 Å². The second-order valence-corrected chi connectivity index (χ2v) is 5.04. The number of ether oxygens (including phenoxy) is 1. The molecule has 0 aliphatic heterocycles. The van der Waals surface area contributed by atoms with Crippen LogP contribution in [0.1, 0.15) is 35.7 Å². The van der Waals surface area contributed by atoms with Gasteiger partial charge in [-0.25, -0.2) is 4.39 Å². The molecule has 21 heavy (non-hydrogen) atoms. The normalized spacial score (nSPS) is 15.3. The molecule has 1 aromatic carbocycles. The van der Waals surface area contributed by atoms with Crippen molar-refractivity contribution in [3.8, 4) is 0 Å². The zero-order chi connectivity index (χ0) is 15.2. The average molecular weight is 289 g/mol. The fourth-order valence-electron chi connectivity index (χ4n) is 1.94. The Bertz CT molecular complexity index is 574. The first kappa shape index (κ1) is 15.3. The number of rotatable bonds is 7. The summed E-state index contributed by atoms with van der Waals surface area (Å²) in [6.45, 7) is 2.02. The van der Waals surface area contributed by atoms with Crippen LogP contribution < -0.4 is 5.32 Å². The van der Waals surface area contributed by atoms with E-state index in [4.69, 9.17) is 4.74 Å². The Kier molecular flexibility index (Phi) is 5.14. The molecule has 0 radical (unpaired) electrons. The highest BCUT2D eigenvalue weighted by molar-refractivity contribution is 5.99. The number of hydrogen-bond donors (Lipinski definition) is 1. The zero-order valence-electron chi connectivity index (χ0n) is 12.4. The summed E-state index contributed by atoms with van der Waals surface area (Å²) in [5.41, 5.74) is 0.890. The van der Waals surface area contributed by atoms with Crippen molar-refractivity contribution < 1.29 is 13.9 Å². The highest BCUT2D eigenvalue weighted by Crippen LogP contribution is 2.32. The third-order valence-electron chi connectivity index (χ3n) is 3.36. The molecule has 1 aromatic rings. The maximum atomic E-state index is 14.0. The minimum absolute atomic E-state index is 0.0465. The van der Waals surface area contributed by atoms with E-state index in [1.165, 1.54) is 6.07 Å². The van der Waals surface area contributed by atoms with E-state index >= 15 is 0 Å². The molecule has 2 rings (SSSR count). The van der Waals surface area contributed by atoms with Gasteiger partial charge < -0.3 is 10.1 Å². The number of carbonyl (C=O) groups excluding carboxylic acids is 1. The first-order chi connectivity index (χ1) is 10.2. The molecule has 0 amide bonds. The first-order valence-electron chi connectivity index (χ1n) is 7.12. The molecule has 0 saturated heterocycles. The maximum Gasteiger partial charge on any atom is 0.186 e. The molecule has 0 aromatic heterocycles. The van der Waals surface area contributed by atoms with Crippen LogP contribution in [0.4, 0.5) is 4.39 Å². The lowest BCUT2D eigenvalue weighted by molar-refractivity contribution is 0.0967.